The highest BCUT2D eigenvalue weighted by atomic mass is 35.5. The summed E-state index contributed by atoms with van der Waals surface area (Å²) in [5.41, 5.74) is 0.834. The molecule has 0 amide bonds. The van der Waals surface area contributed by atoms with Crippen LogP contribution in [0.4, 0.5) is 5.82 Å². The van der Waals surface area contributed by atoms with Gasteiger partial charge in [-0.25, -0.2) is 18.1 Å². The third-order valence-electron chi connectivity index (χ3n) is 2.78. The van der Waals surface area contributed by atoms with Gasteiger partial charge in [0.05, 0.1) is 0 Å². The SMILES string of the molecule is CCNc1ccc(S(=O)(=O)NCc2ccc(Cl)cc2)cn1. The Morgan fingerprint density at radius 3 is 2.43 bits per heavy atom. The Balaban J connectivity index is 2.05. The molecule has 0 bridgehead atoms. The predicted molar refractivity (Wildman–Crippen MR) is 83.9 cm³/mol. The number of pyridine rings is 1. The largest absolute Gasteiger partial charge is 0.370 e. The number of aromatic nitrogens is 1. The van der Waals surface area contributed by atoms with Gasteiger partial charge in [-0.05, 0) is 36.8 Å². The van der Waals surface area contributed by atoms with Gasteiger partial charge in [0, 0.05) is 24.3 Å². The number of nitrogens with zero attached hydrogens (tertiary/aromatic N) is 1. The second-order valence-corrected chi connectivity index (χ2v) is 6.56. The first-order chi connectivity index (χ1) is 10.0. The van der Waals surface area contributed by atoms with Gasteiger partial charge < -0.3 is 5.32 Å². The van der Waals surface area contributed by atoms with E-state index in [9.17, 15) is 8.42 Å². The summed E-state index contributed by atoms with van der Waals surface area (Å²) in [6, 6.07) is 10.2. The molecular weight excluding hydrogens is 310 g/mol. The van der Waals surface area contributed by atoms with Crippen molar-refractivity contribution < 1.29 is 8.42 Å². The molecule has 0 aliphatic rings. The second kappa shape index (κ2) is 6.89. The quantitative estimate of drug-likeness (QED) is 0.856. The fraction of sp³-hybridized carbons (Fsp3) is 0.214. The minimum absolute atomic E-state index is 0.137. The number of sulfonamides is 1. The molecule has 0 aliphatic carbocycles. The Labute approximate surface area is 129 Å². The van der Waals surface area contributed by atoms with Gasteiger partial charge in [0.1, 0.15) is 10.7 Å². The van der Waals surface area contributed by atoms with E-state index in [-0.39, 0.29) is 11.4 Å². The number of nitrogens with one attached hydrogen (secondary N) is 2. The summed E-state index contributed by atoms with van der Waals surface area (Å²) in [6.07, 6.45) is 1.34. The number of rotatable bonds is 6. The standard InChI is InChI=1S/C14H16ClN3O2S/c1-2-16-14-8-7-13(10-17-14)21(19,20)18-9-11-3-5-12(15)6-4-11/h3-8,10,18H,2,9H2,1H3,(H,16,17). The maximum atomic E-state index is 12.1. The first-order valence-corrected chi connectivity index (χ1v) is 8.31. The van der Waals surface area contributed by atoms with E-state index in [1.54, 1.807) is 30.3 Å². The van der Waals surface area contributed by atoms with Crippen molar-refractivity contribution in [1.82, 2.24) is 9.71 Å². The Morgan fingerprint density at radius 2 is 1.86 bits per heavy atom. The van der Waals surface area contributed by atoms with Gasteiger partial charge in [-0.2, -0.15) is 0 Å². The van der Waals surface area contributed by atoms with Gasteiger partial charge in [-0.1, -0.05) is 23.7 Å². The highest BCUT2D eigenvalue weighted by Crippen LogP contribution is 2.13. The van der Waals surface area contributed by atoms with Crippen molar-refractivity contribution in [3.8, 4) is 0 Å². The molecule has 1 heterocycles. The molecule has 0 aliphatic heterocycles. The topological polar surface area (TPSA) is 71.1 Å². The fourth-order valence-electron chi connectivity index (χ4n) is 1.69. The van der Waals surface area contributed by atoms with Crippen molar-refractivity contribution in [2.45, 2.75) is 18.4 Å². The van der Waals surface area contributed by atoms with E-state index in [0.717, 1.165) is 12.1 Å². The van der Waals surface area contributed by atoms with E-state index >= 15 is 0 Å². The lowest BCUT2D eigenvalue weighted by Crippen LogP contribution is -2.23. The molecule has 2 N–H and O–H groups in total. The lowest BCUT2D eigenvalue weighted by molar-refractivity contribution is 0.581. The molecule has 0 unspecified atom stereocenters. The number of hydrogen-bond acceptors (Lipinski definition) is 4. The summed E-state index contributed by atoms with van der Waals surface area (Å²) in [6.45, 7) is 2.88. The van der Waals surface area contributed by atoms with Crippen LogP contribution in [0.5, 0.6) is 0 Å². The van der Waals surface area contributed by atoms with Crippen LogP contribution in [-0.4, -0.2) is 19.9 Å². The second-order valence-electron chi connectivity index (χ2n) is 4.36. The van der Waals surface area contributed by atoms with Crippen LogP contribution in [0.25, 0.3) is 0 Å². The van der Waals surface area contributed by atoms with Crippen LogP contribution in [-0.2, 0) is 16.6 Å². The average molecular weight is 326 g/mol. The number of hydrogen-bond donors (Lipinski definition) is 2. The maximum Gasteiger partial charge on any atom is 0.242 e. The number of halogens is 1. The number of benzene rings is 1. The van der Waals surface area contributed by atoms with Gasteiger partial charge >= 0.3 is 0 Å². The van der Waals surface area contributed by atoms with Crippen molar-refractivity contribution in [1.29, 1.82) is 0 Å². The molecule has 2 aromatic rings. The molecule has 21 heavy (non-hydrogen) atoms. The van der Waals surface area contributed by atoms with Crippen LogP contribution in [0.3, 0.4) is 0 Å². The molecule has 5 nitrogen and oxygen atoms in total. The molecule has 7 heteroatoms. The van der Waals surface area contributed by atoms with Crippen LogP contribution in [0.15, 0.2) is 47.5 Å². The molecule has 0 saturated heterocycles. The van der Waals surface area contributed by atoms with Crippen molar-refractivity contribution in [3.63, 3.8) is 0 Å². The molecule has 0 atom stereocenters. The summed E-state index contributed by atoms with van der Waals surface area (Å²) in [7, 11) is -3.57. The van der Waals surface area contributed by atoms with E-state index in [1.165, 1.54) is 12.3 Å². The minimum atomic E-state index is -3.57. The molecule has 0 saturated carbocycles. The van der Waals surface area contributed by atoms with Crippen LogP contribution < -0.4 is 10.0 Å². The Morgan fingerprint density at radius 1 is 1.14 bits per heavy atom. The van der Waals surface area contributed by atoms with E-state index in [2.05, 4.69) is 15.0 Å². The van der Waals surface area contributed by atoms with Gasteiger partial charge in [0.2, 0.25) is 10.0 Å². The van der Waals surface area contributed by atoms with E-state index < -0.39 is 10.0 Å². The summed E-state index contributed by atoms with van der Waals surface area (Å²) < 4.78 is 26.8. The number of anilines is 1. The van der Waals surface area contributed by atoms with Crippen LogP contribution >= 0.6 is 11.6 Å². The molecule has 0 spiro atoms. The van der Waals surface area contributed by atoms with Crippen molar-refractivity contribution in [2.75, 3.05) is 11.9 Å². The molecule has 0 radical (unpaired) electrons. The molecule has 1 aromatic heterocycles. The van der Waals surface area contributed by atoms with E-state index in [1.807, 2.05) is 6.92 Å². The molecule has 2 rings (SSSR count). The average Bonchev–Trinajstić information content (AvgIpc) is 2.48. The lowest BCUT2D eigenvalue weighted by atomic mass is 10.2. The normalized spacial score (nSPS) is 11.3. The van der Waals surface area contributed by atoms with E-state index in [4.69, 9.17) is 11.6 Å². The Hall–Kier alpha value is -1.63. The van der Waals surface area contributed by atoms with E-state index in [0.29, 0.717) is 10.8 Å². The zero-order chi connectivity index (χ0) is 15.3. The highest BCUT2D eigenvalue weighted by Gasteiger charge is 2.14. The van der Waals surface area contributed by atoms with Gasteiger partial charge in [-0.15, -0.1) is 0 Å². The van der Waals surface area contributed by atoms with Crippen LogP contribution in [0, 0.1) is 0 Å². The first kappa shape index (κ1) is 15.8. The first-order valence-electron chi connectivity index (χ1n) is 6.45. The highest BCUT2D eigenvalue weighted by molar-refractivity contribution is 7.89. The summed E-state index contributed by atoms with van der Waals surface area (Å²) in [5, 5.41) is 3.63. The Bertz CT molecular complexity index is 685. The van der Waals surface area contributed by atoms with Gasteiger partial charge in [0.15, 0.2) is 0 Å². The predicted octanol–water partition coefficient (Wildman–Crippen LogP) is 2.65. The van der Waals surface area contributed by atoms with Gasteiger partial charge in [-0.3, -0.25) is 0 Å². The lowest BCUT2D eigenvalue weighted by Gasteiger charge is -2.08. The van der Waals surface area contributed by atoms with Crippen molar-refractivity contribution in [2.24, 2.45) is 0 Å². The summed E-state index contributed by atoms with van der Waals surface area (Å²) in [5.74, 6) is 0.647. The smallest absolute Gasteiger partial charge is 0.242 e. The Kier molecular flexibility index (Phi) is 5.17. The van der Waals surface area contributed by atoms with Crippen LogP contribution in [0.2, 0.25) is 5.02 Å². The molecule has 112 valence electrons. The van der Waals surface area contributed by atoms with Crippen molar-refractivity contribution in [3.05, 3.63) is 53.2 Å². The zero-order valence-corrected chi connectivity index (χ0v) is 13.1. The monoisotopic (exact) mass is 325 g/mol. The summed E-state index contributed by atoms with van der Waals surface area (Å²) in [4.78, 5) is 4.19. The van der Waals surface area contributed by atoms with Gasteiger partial charge in [0.25, 0.3) is 0 Å². The maximum absolute atomic E-state index is 12.1. The zero-order valence-electron chi connectivity index (χ0n) is 11.5. The summed E-state index contributed by atoms with van der Waals surface area (Å²) >= 11 is 5.79. The third-order valence-corrected chi connectivity index (χ3v) is 4.42. The molecule has 1 aromatic carbocycles. The van der Waals surface area contributed by atoms with Crippen LogP contribution in [0.1, 0.15) is 12.5 Å². The third kappa shape index (κ3) is 4.42. The molecular formula is C14H16ClN3O2S. The minimum Gasteiger partial charge on any atom is -0.370 e. The fourth-order valence-corrected chi connectivity index (χ4v) is 2.78. The molecule has 0 fully saturated rings. The van der Waals surface area contributed by atoms with Crippen molar-refractivity contribution >= 4 is 27.4 Å².